The largest absolute Gasteiger partial charge is 0.372 e. The Labute approximate surface area is 143 Å². The van der Waals surface area contributed by atoms with Crippen LogP contribution in [0.4, 0.5) is 5.69 Å². The molecule has 1 aliphatic rings. The number of halogens is 1. The number of fused-ring (bicyclic) bond motifs is 1. The van der Waals surface area contributed by atoms with Gasteiger partial charge in [-0.3, -0.25) is 0 Å². The highest BCUT2D eigenvalue weighted by Crippen LogP contribution is 2.39. The normalized spacial score (nSPS) is 16.4. The van der Waals surface area contributed by atoms with Crippen LogP contribution in [0.5, 0.6) is 0 Å². The fraction of sp³-hybridized carbons (Fsp3) is 0.250. The highest BCUT2D eigenvalue weighted by atomic mass is 35.5. The molecule has 1 aliphatic heterocycles. The number of hydrogen-bond acceptors (Lipinski definition) is 1. The molecule has 1 N–H and O–H groups in total. The van der Waals surface area contributed by atoms with Gasteiger partial charge in [0.25, 0.3) is 0 Å². The van der Waals surface area contributed by atoms with E-state index in [1.807, 2.05) is 24.3 Å². The van der Waals surface area contributed by atoms with Crippen LogP contribution in [0.3, 0.4) is 0 Å². The molecule has 0 spiro atoms. The second-order valence-corrected chi connectivity index (χ2v) is 6.83. The van der Waals surface area contributed by atoms with E-state index < -0.39 is 0 Å². The molecule has 0 radical (unpaired) electrons. The minimum absolute atomic E-state index is 0.0556. The van der Waals surface area contributed by atoms with Crippen LogP contribution in [0.2, 0.25) is 0 Å². The third kappa shape index (κ3) is 3.04. The fourth-order valence-electron chi connectivity index (χ4n) is 3.21. The molecule has 3 rings (SSSR count). The second kappa shape index (κ2) is 6.21. The molecule has 0 fully saturated rings. The minimum atomic E-state index is -0.0556. The zero-order valence-electron chi connectivity index (χ0n) is 13.8. The molecule has 0 amide bonds. The first-order valence-corrected chi connectivity index (χ1v) is 8.23. The van der Waals surface area contributed by atoms with E-state index in [0.29, 0.717) is 5.16 Å². The predicted molar refractivity (Wildman–Crippen MR) is 97.5 cm³/mol. The molecule has 0 saturated carbocycles. The number of para-hydroxylation sites is 1. The lowest BCUT2D eigenvalue weighted by atomic mass is 9.81. The maximum atomic E-state index is 6.45. The molecule has 118 valence electrons. The molecule has 0 atom stereocenters. The summed E-state index contributed by atoms with van der Waals surface area (Å²) in [5, 5.41) is 3.95. The summed E-state index contributed by atoms with van der Waals surface area (Å²) in [5.41, 5.74) is 4.94. The van der Waals surface area contributed by atoms with Crippen molar-refractivity contribution < 1.29 is 4.58 Å². The van der Waals surface area contributed by atoms with Crippen LogP contribution in [-0.2, 0) is 12.0 Å². The average molecular weight is 326 g/mol. The molecule has 3 heteroatoms. The highest BCUT2D eigenvalue weighted by molar-refractivity contribution is 6.31. The zero-order chi connectivity index (χ0) is 16.4. The van der Waals surface area contributed by atoms with Gasteiger partial charge in [0.05, 0.1) is 5.41 Å². The van der Waals surface area contributed by atoms with Crippen LogP contribution in [0.25, 0.3) is 0 Å². The van der Waals surface area contributed by atoms with Crippen LogP contribution in [0, 0.1) is 0 Å². The predicted octanol–water partition coefficient (Wildman–Crippen LogP) is 4.56. The van der Waals surface area contributed by atoms with Gasteiger partial charge in [-0.15, -0.1) is 0 Å². The average Bonchev–Trinajstić information content (AvgIpc) is 2.75. The Hall–Kier alpha value is -2.06. The van der Waals surface area contributed by atoms with E-state index in [1.165, 1.54) is 22.5 Å². The molecule has 0 unspecified atom stereocenters. The van der Waals surface area contributed by atoms with Crippen molar-refractivity contribution in [2.24, 2.45) is 0 Å². The zero-order valence-corrected chi connectivity index (χ0v) is 14.6. The molecule has 0 bridgehead atoms. The van der Waals surface area contributed by atoms with E-state index in [-0.39, 0.29) is 5.41 Å². The topological polar surface area (TPSA) is 15.0 Å². The smallest absolute Gasteiger partial charge is 0.209 e. The van der Waals surface area contributed by atoms with Crippen molar-refractivity contribution in [3.05, 3.63) is 77.0 Å². The summed E-state index contributed by atoms with van der Waals surface area (Å²) in [7, 11) is 2.10. The number of nitrogens with one attached hydrogen (secondary N) is 1. The van der Waals surface area contributed by atoms with Crippen molar-refractivity contribution in [3.8, 4) is 0 Å². The van der Waals surface area contributed by atoms with Crippen molar-refractivity contribution in [1.82, 2.24) is 5.32 Å². The Bertz CT molecular complexity index is 773. The maximum absolute atomic E-state index is 6.45. The molecular formula is C20H22ClN2+. The number of hydrogen-bond donors (Lipinski definition) is 1. The van der Waals surface area contributed by atoms with Crippen molar-refractivity contribution in [1.29, 1.82) is 0 Å². The first-order valence-electron chi connectivity index (χ1n) is 7.86. The summed E-state index contributed by atoms with van der Waals surface area (Å²) in [6.07, 6.45) is 2.05. The Balaban J connectivity index is 1.83. The van der Waals surface area contributed by atoms with E-state index >= 15 is 0 Å². The fourth-order valence-corrected chi connectivity index (χ4v) is 3.38. The Morgan fingerprint density at radius 1 is 1.09 bits per heavy atom. The lowest BCUT2D eigenvalue weighted by molar-refractivity contribution is -0.401. The monoisotopic (exact) mass is 325 g/mol. The van der Waals surface area contributed by atoms with E-state index in [9.17, 15) is 0 Å². The van der Waals surface area contributed by atoms with Crippen LogP contribution >= 0.6 is 11.6 Å². The molecule has 2 aromatic rings. The van der Waals surface area contributed by atoms with E-state index in [2.05, 4.69) is 67.2 Å². The molecule has 23 heavy (non-hydrogen) atoms. The summed E-state index contributed by atoms with van der Waals surface area (Å²) < 4.78 is 2.22. The number of benzene rings is 2. The van der Waals surface area contributed by atoms with Gasteiger partial charge in [0.1, 0.15) is 12.2 Å². The van der Waals surface area contributed by atoms with Crippen molar-refractivity contribution in [2.45, 2.75) is 25.8 Å². The first kappa shape index (κ1) is 15.8. The van der Waals surface area contributed by atoms with Crippen molar-refractivity contribution >= 4 is 23.0 Å². The molecular weight excluding hydrogens is 304 g/mol. The van der Waals surface area contributed by atoms with Gasteiger partial charge >= 0.3 is 0 Å². The van der Waals surface area contributed by atoms with Gasteiger partial charge in [0, 0.05) is 24.3 Å². The molecule has 2 aromatic carbocycles. The summed E-state index contributed by atoms with van der Waals surface area (Å²) >= 11 is 6.45. The van der Waals surface area contributed by atoms with Crippen molar-refractivity contribution in [2.75, 3.05) is 7.05 Å². The van der Waals surface area contributed by atoms with Gasteiger partial charge in [-0.25, -0.2) is 0 Å². The first-order chi connectivity index (χ1) is 11.0. The van der Waals surface area contributed by atoms with Crippen LogP contribution in [0.15, 0.2) is 65.8 Å². The highest BCUT2D eigenvalue weighted by Gasteiger charge is 2.42. The van der Waals surface area contributed by atoms with Gasteiger partial charge in [-0.1, -0.05) is 60.1 Å². The van der Waals surface area contributed by atoms with Crippen LogP contribution in [0.1, 0.15) is 25.0 Å². The minimum Gasteiger partial charge on any atom is -0.372 e. The van der Waals surface area contributed by atoms with Gasteiger partial charge in [-0.05, 0) is 19.4 Å². The third-order valence-corrected chi connectivity index (χ3v) is 4.75. The van der Waals surface area contributed by atoms with E-state index in [0.717, 1.165) is 6.54 Å². The standard InChI is InChI=1S/C20H21ClN2/c1-20(2)16-11-7-8-12-17(16)23(3)18(20)13-19(21)22-14-15-9-5-4-6-10-15/h4-13H,14H2,1-3H3/p+1. The summed E-state index contributed by atoms with van der Waals surface area (Å²) in [6, 6.07) is 18.8. The SMILES string of the molecule is C[N+]1=C(C=C(Cl)NCc2ccccc2)C(C)(C)c2ccccc21. The lowest BCUT2D eigenvalue weighted by Gasteiger charge is -2.15. The molecule has 1 heterocycles. The molecule has 0 aliphatic carbocycles. The van der Waals surface area contributed by atoms with Gasteiger partial charge in [0.15, 0.2) is 5.71 Å². The molecule has 0 saturated heterocycles. The van der Waals surface area contributed by atoms with Crippen LogP contribution in [-0.4, -0.2) is 17.3 Å². The summed E-state index contributed by atoms with van der Waals surface area (Å²) in [4.78, 5) is 0. The molecule has 2 nitrogen and oxygen atoms in total. The quantitative estimate of drug-likeness (QED) is 0.643. The lowest BCUT2D eigenvalue weighted by Crippen LogP contribution is -2.27. The van der Waals surface area contributed by atoms with Gasteiger partial charge in [-0.2, -0.15) is 4.58 Å². The van der Waals surface area contributed by atoms with Crippen molar-refractivity contribution in [3.63, 3.8) is 0 Å². The summed E-state index contributed by atoms with van der Waals surface area (Å²) in [5.74, 6) is 0. The second-order valence-electron chi connectivity index (χ2n) is 6.42. The third-order valence-electron chi connectivity index (χ3n) is 4.51. The van der Waals surface area contributed by atoms with Gasteiger partial charge in [0.2, 0.25) is 5.69 Å². The Morgan fingerprint density at radius 2 is 1.74 bits per heavy atom. The maximum Gasteiger partial charge on any atom is 0.209 e. The Morgan fingerprint density at radius 3 is 2.43 bits per heavy atom. The Kier molecular flexibility index (Phi) is 4.27. The molecule has 0 aromatic heterocycles. The van der Waals surface area contributed by atoms with Crippen LogP contribution < -0.4 is 5.32 Å². The summed E-state index contributed by atoms with van der Waals surface area (Å²) in [6.45, 7) is 5.20. The van der Waals surface area contributed by atoms with E-state index in [4.69, 9.17) is 11.6 Å². The van der Waals surface area contributed by atoms with E-state index in [1.54, 1.807) is 0 Å². The number of rotatable bonds is 4. The number of allylic oxidation sites excluding steroid dienone is 1. The van der Waals surface area contributed by atoms with Gasteiger partial charge < -0.3 is 5.32 Å². The number of nitrogens with zero attached hydrogens (tertiary/aromatic N) is 1.